The van der Waals surface area contributed by atoms with Gasteiger partial charge in [-0.2, -0.15) is 0 Å². The number of hydrogen-bond donors (Lipinski definition) is 0. The monoisotopic (exact) mass is 468 g/mol. The van der Waals surface area contributed by atoms with Gasteiger partial charge in [-0.05, 0) is 68.1 Å². The van der Waals surface area contributed by atoms with Crippen LogP contribution in [0.2, 0.25) is 0 Å². The first-order valence-electron chi connectivity index (χ1n) is 10.2. The average Bonchev–Trinajstić information content (AvgIpc) is 3.44. The molecule has 0 aliphatic rings. The summed E-state index contributed by atoms with van der Waals surface area (Å²) in [7, 11) is -3.76. The second-order valence-corrected chi connectivity index (χ2v) is 10.2. The normalized spacial score (nSPS) is 11.5. The van der Waals surface area contributed by atoms with Gasteiger partial charge in [-0.1, -0.05) is 24.3 Å². The first-order chi connectivity index (χ1) is 15.4. The van der Waals surface area contributed by atoms with Crippen molar-refractivity contribution >= 4 is 27.0 Å². The number of sulfonamides is 1. The zero-order chi connectivity index (χ0) is 22.7. The molecule has 8 heteroatoms. The zero-order valence-electron chi connectivity index (χ0n) is 18.1. The van der Waals surface area contributed by atoms with E-state index < -0.39 is 10.0 Å². The molecule has 166 valence electrons. The van der Waals surface area contributed by atoms with Crippen molar-refractivity contribution in [2.24, 2.45) is 0 Å². The van der Waals surface area contributed by atoms with Crippen LogP contribution in [0.25, 0.3) is 11.5 Å². The molecule has 0 radical (unpaired) electrons. The smallest absolute Gasteiger partial charge is 0.274 e. The summed E-state index contributed by atoms with van der Waals surface area (Å²) in [6.45, 7) is 6.29. The number of benzene rings is 2. The molecule has 0 bridgehead atoms. The third kappa shape index (κ3) is 4.42. The quantitative estimate of drug-likeness (QED) is 0.326. The number of nitrogens with zero attached hydrogens (tertiary/aromatic N) is 2. The summed E-state index contributed by atoms with van der Waals surface area (Å²) in [5.74, 6) is 1.79. The zero-order valence-corrected chi connectivity index (χ0v) is 19.7. The van der Waals surface area contributed by atoms with Crippen molar-refractivity contribution in [1.82, 2.24) is 4.98 Å². The predicted molar refractivity (Wildman–Crippen MR) is 127 cm³/mol. The second-order valence-electron chi connectivity index (χ2n) is 7.21. The molecular weight excluding hydrogens is 444 g/mol. The van der Waals surface area contributed by atoms with E-state index in [-0.39, 0.29) is 10.8 Å². The molecule has 32 heavy (non-hydrogen) atoms. The minimum Gasteiger partial charge on any atom is -0.494 e. The highest BCUT2D eigenvalue weighted by molar-refractivity contribution is 7.94. The van der Waals surface area contributed by atoms with Crippen LogP contribution in [0.1, 0.15) is 23.9 Å². The van der Waals surface area contributed by atoms with E-state index in [1.165, 1.54) is 15.6 Å². The van der Waals surface area contributed by atoms with Crippen LogP contribution in [-0.2, 0) is 16.6 Å². The lowest BCUT2D eigenvalue weighted by Crippen LogP contribution is -2.31. The highest BCUT2D eigenvalue weighted by Gasteiger charge is 2.29. The Balaban J connectivity index is 1.71. The van der Waals surface area contributed by atoms with E-state index in [1.54, 1.807) is 24.4 Å². The van der Waals surface area contributed by atoms with Crippen molar-refractivity contribution in [1.29, 1.82) is 0 Å². The molecule has 2 aromatic heterocycles. The van der Waals surface area contributed by atoms with Gasteiger partial charge < -0.3 is 9.15 Å². The molecule has 2 heterocycles. The van der Waals surface area contributed by atoms with Crippen molar-refractivity contribution in [3.8, 4) is 17.2 Å². The van der Waals surface area contributed by atoms with Crippen LogP contribution in [0, 0.1) is 13.8 Å². The average molecular weight is 469 g/mol. The molecule has 0 saturated heterocycles. The van der Waals surface area contributed by atoms with Gasteiger partial charge in [-0.3, -0.25) is 4.31 Å². The van der Waals surface area contributed by atoms with E-state index in [2.05, 4.69) is 4.98 Å². The van der Waals surface area contributed by atoms with Crippen LogP contribution in [0.3, 0.4) is 0 Å². The summed E-state index contributed by atoms with van der Waals surface area (Å²) < 4.78 is 40.1. The lowest BCUT2D eigenvalue weighted by molar-refractivity contribution is 0.340. The largest absolute Gasteiger partial charge is 0.494 e. The molecule has 0 N–H and O–H groups in total. The van der Waals surface area contributed by atoms with Crippen LogP contribution < -0.4 is 9.04 Å². The van der Waals surface area contributed by atoms with Crippen molar-refractivity contribution in [3.63, 3.8) is 0 Å². The topological polar surface area (TPSA) is 72.6 Å². The Morgan fingerprint density at radius 3 is 2.44 bits per heavy atom. The summed E-state index contributed by atoms with van der Waals surface area (Å²) in [6, 6.07) is 18.3. The van der Waals surface area contributed by atoms with Gasteiger partial charge in [0.15, 0.2) is 0 Å². The summed E-state index contributed by atoms with van der Waals surface area (Å²) in [6.07, 6.45) is 0. The molecule has 0 aliphatic carbocycles. The van der Waals surface area contributed by atoms with Crippen molar-refractivity contribution in [2.45, 2.75) is 31.5 Å². The number of thiophene rings is 1. The number of para-hydroxylation sites is 1. The molecule has 0 unspecified atom stereocenters. The van der Waals surface area contributed by atoms with Gasteiger partial charge in [0.25, 0.3) is 10.0 Å². The minimum atomic E-state index is -3.76. The first kappa shape index (κ1) is 22.1. The summed E-state index contributed by atoms with van der Waals surface area (Å²) >= 11 is 1.20. The van der Waals surface area contributed by atoms with Crippen LogP contribution in [-0.4, -0.2) is 20.0 Å². The Kier molecular flexibility index (Phi) is 6.34. The van der Waals surface area contributed by atoms with Crippen LogP contribution in [0.4, 0.5) is 5.69 Å². The second kappa shape index (κ2) is 9.18. The molecule has 0 saturated carbocycles. The molecular formula is C24H24N2O4S2. The Morgan fingerprint density at radius 1 is 1.03 bits per heavy atom. The molecule has 0 atom stereocenters. The fourth-order valence-corrected chi connectivity index (χ4v) is 5.95. The fraction of sp³-hybridized carbons (Fsp3) is 0.208. The number of rotatable bonds is 8. The third-order valence-electron chi connectivity index (χ3n) is 5.02. The fourth-order valence-electron chi connectivity index (χ4n) is 3.36. The Hall–Kier alpha value is -3.10. The van der Waals surface area contributed by atoms with Crippen molar-refractivity contribution in [2.75, 3.05) is 10.9 Å². The summed E-state index contributed by atoms with van der Waals surface area (Å²) in [4.78, 5) is 4.64. The van der Waals surface area contributed by atoms with Gasteiger partial charge in [0.1, 0.15) is 21.4 Å². The number of aryl methyl sites for hydroxylation is 2. The van der Waals surface area contributed by atoms with Crippen molar-refractivity contribution in [3.05, 3.63) is 83.1 Å². The SMILES string of the molecule is CCOc1ccc(-c2nc(CN(c3ccccc3C)S(=O)(=O)c3cccs3)c(C)o2)cc1. The molecule has 0 fully saturated rings. The number of hydrogen-bond acceptors (Lipinski definition) is 6. The highest BCUT2D eigenvalue weighted by Crippen LogP contribution is 2.32. The van der Waals surface area contributed by atoms with E-state index in [0.717, 1.165) is 16.9 Å². The Morgan fingerprint density at radius 2 is 1.78 bits per heavy atom. The van der Waals surface area contributed by atoms with E-state index >= 15 is 0 Å². The van der Waals surface area contributed by atoms with E-state index in [0.29, 0.717) is 29.6 Å². The minimum absolute atomic E-state index is 0.0669. The van der Waals surface area contributed by atoms with Crippen molar-refractivity contribution < 1.29 is 17.6 Å². The first-order valence-corrected chi connectivity index (χ1v) is 12.5. The van der Waals surface area contributed by atoms with E-state index in [4.69, 9.17) is 9.15 Å². The van der Waals surface area contributed by atoms with Gasteiger partial charge in [0.2, 0.25) is 5.89 Å². The van der Waals surface area contributed by atoms with Crippen LogP contribution in [0.5, 0.6) is 5.75 Å². The number of ether oxygens (including phenoxy) is 1. The molecule has 4 aromatic rings. The molecule has 2 aromatic carbocycles. The van der Waals surface area contributed by atoms with Gasteiger partial charge in [0.05, 0.1) is 18.8 Å². The lowest BCUT2D eigenvalue weighted by Gasteiger charge is -2.24. The van der Waals surface area contributed by atoms with E-state index in [1.807, 2.05) is 62.4 Å². The Labute approximate surface area is 192 Å². The van der Waals surface area contributed by atoms with Crippen LogP contribution in [0.15, 0.2) is 74.7 Å². The van der Waals surface area contributed by atoms with Gasteiger partial charge in [-0.15, -0.1) is 11.3 Å². The third-order valence-corrected chi connectivity index (χ3v) is 8.15. The number of aromatic nitrogens is 1. The summed E-state index contributed by atoms with van der Waals surface area (Å²) in [5, 5.41) is 1.76. The molecule has 4 rings (SSSR count). The molecule has 0 spiro atoms. The predicted octanol–water partition coefficient (Wildman–Crippen LogP) is 5.81. The summed E-state index contributed by atoms with van der Waals surface area (Å²) in [5.41, 5.74) is 2.84. The lowest BCUT2D eigenvalue weighted by atomic mass is 10.2. The van der Waals surface area contributed by atoms with E-state index in [9.17, 15) is 8.42 Å². The molecule has 0 aliphatic heterocycles. The van der Waals surface area contributed by atoms with Gasteiger partial charge >= 0.3 is 0 Å². The maximum Gasteiger partial charge on any atom is 0.274 e. The maximum atomic E-state index is 13.5. The Bertz CT molecular complexity index is 1290. The van der Waals surface area contributed by atoms with Gasteiger partial charge in [-0.25, -0.2) is 13.4 Å². The standard InChI is InChI=1S/C24H24N2O4S2/c1-4-29-20-13-11-19(12-14-20)24-25-21(18(3)30-24)16-26(22-9-6-5-8-17(22)2)32(27,28)23-10-7-15-31-23/h5-15H,4,16H2,1-3H3. The number of anilines is 1. The maximum absolute atomic E-state index is 13.5. The number of oxazole rings is 1. The molecule has 0 amide bonds. The van der Waals surface area contributed by atoms with Gasteiger partial charge in [0, 0.05) is 5.56 Å². The highest BCUT2D eigenvalue weighted by atomic mass is 32.2. The molecule has 6 nitrogen and oxygen atoms in total. The van der Waals surface area contributed by atoms with Crippen LogP contribution >= 0.6 is 11.3 Å².